The van der Waals surface area contributed by atoms with Crippen molar-refractivity contribution in [3.63, 3.8) is 0 Å². The van der Waals surface area contributed by atoms with Crippen molar-refractivity contribution in [3.8, 4) is 22.8 Å². The Morgan fingerprint density at radius 3 is 2.95 bits per heavy atom. The highest BCUT2D eigenvalue weighted by Crippen LogP contribution is 2.29. The maximum atomic E-state index is 13.2. The van der Waals surface area contributed by atoms with Crippen molar-refractivity contribution in [2.45, 2.75) is 6.42 Å². The summed E-state index contributed by atoms with van der Waals surface area (Å²) in [5.41, 5.74) is 3.87. The molecule has 0 atom stereocenters. The maximum absolute atomic E-state index is 13.2. The summed E-state index contributed by atoms with van der Waals surface area (Å²) in [5, 5.41) is 7.24. The molecule has 0 bridgehead atoms. The molecule has 0 fully saturated rings. The monoisotopic (exact) mass is 281 g/mol. The van der Waals surface area contributed by atoms with Crippen molar-refractivity contribution in [2.24, 2.45) is 0 Å². The van der Waals surface area contributed by atoms with Crippen molar-refractivity contribution in [1.29, 1.82) is 0 Å². The highest BCUT2D eigenvalue weighted by molar-refractivity contribution is 5.67. The summed E-state index contributed by atoms with van der Waals surface area (Å²) in [6, 6.07) is 12.2. The molecule has 0 amide bonds. The fraction of sp³-hybridized carbons (Fsp3) is 0.125. The summed E-state index contributed by atoms with van der Waals surface area (Å²) in [6.45, 7) is 0.956. The molecule has 0 spiro atoms. The van der Waals surface area contributed by atoms with Gasteiger partial charge in [-0.2, -0.15) is 4.98 Å². The van der Waals surface area contributed by atoms with Crippen LogP contribution in [0.3, 0.4) is 0 Å². The average Bonchev–Trinajstić information content (AvgIpc) is 3.15. The molecule has 4 rings (SSSR count). The van der Waals surface area contributed by atoms with Crippen LogP contribution in [0.4, 0.5) is 10.1 Å². The van der Waals surface area contributed by atoms with Crippen LogP contribution in [-0.4, -0.2) is 16.7 Å². The summed E-state index contributed by atoms with van der Waals surface area (Å²) in [7, 11) is 0. The maximum Gasteiger partial charge on any atom is 0.258 e. The number of nitrogens with zero attached hydrogens (tertiary/aromatic N) is 2. The lowest BCUT2D eigenvalue weighted by molar-refractivity contribution is 0.432. The van der Waals surface area contributed by atoms with Gasteiger partial charge in [-0.05, 0) is 36.2 Å². The molecule has 0 saturated carbocycles. The molecule has 1 aliphatic heterocycles. The van der Waals surface area contributed by atoms with Gasteiger partial charge in [-0.25, -0.2) is 4.39 Å². The van der Waals surface area contributed by atoms with Gasteiger partial charge in [0, 0.05) is 23.4 Å². The first kappa shape index (κ1) is 12.1. The van der Waals surface area contributed by atoms with E-state index in [1.807, 2.05) is 12.1 Å². The third kappa shape index (κ3) is 2.16. The van der Waals surface area contributed by atoms with Crippen LogP contribution in [0.5, 0.6) is 0 Å². The Morgan fingerprint density at radius 2 is 2.05 bits per heavy atom. The number of fused-ring (bicyclic) bond motifs is 1. The SMILES string of the molecule is Fc1cccc(-c2noc(-c3ccc4c(c3)NCC4)n2)c1. The molecule has 1 aliphatic rings. The average molecular weight is 281 g/mol. The van der Waals surface area contributed by atoms with E-state index in [1.54, 1.807) is 12.1 Å². The van der Waals surface area contributed by atoms with Crippen LogP contribution in [0.1, 0.15) is 5.56 Å². The Morgan fingerprint density at radius 1 is 1.10 bits per heavy atom. The zero-order valence-corrected chi connectivity index (χ0v) is 11.1. The number of hydrogen-bond donors (Lipinski definition) is 1. The highest BCUT2D eigenvalue weighted by atomic mass is 19.1. The normalized spacial score (nSPS) is 13.0. The van der Waals surface area contributed by atoms with Crippen molar-refractivity contribution in [1.82, 2.24) is 10.1 Å². The minimum Gasteiger partial charge on any atom is -0.384 e. The van der Waals surface area contributed by atoms with Crippen LogP contribution in [0.2, 0.25) is 0 Å². The number of benzene rings is 2. The Bertz CT molecular complexity index is 813. The number of rotatable bonds is 2. The molecule has 0 unspecified atom stereocenters. The van der Waals surface area contributed by atoms with E-state index in [1.165, 1.54) is 17.7 Å². The summed E-state index contributed by atoms with van der Waals surface area (Å²) in [5.74, 6) is 0.504. The fourth-order valence-corrected chi connectivity index (χ4v) is 2.51. The van der Waals surface area contributed by atoms with Crippen LogP contribution in [-0.2, 0) is 6.42 Å². The predicted molar refractivity (Wildman–Crippen MR) is 77.3 cm³/mol. The van der Waals surface area contributed by atoms with E-state index in [0.717, 1.165) is 24.2 Å². The summed E-state index contributed by atoms with van der Waals surface area (Å²) in [4.78, 5) is 4.35. The number of hydrogen-bond acceptors (Lipinski definition) is 4. The third-order valence-corrected chi connectivity index (χ3v) is 3.58. The molecule has 1 N–H and O–H groups in total. The van der Waals surface area contributed by atoms with E-state index in [-0.39, 0.29) is 5.82 Å². The lowest BCUT2D eigenvalue weighted by atomic mass is 10.1. The molecule has 21 heavy (non-hydrogen) atoms. The molecule has 5 heteroatoms. The van der Waals surface area contributed by atoms with Crippen molar-refractivity contribution < 1.29 is 8.91 Å². The van der Waals surface area contributed by atoms with Crippen molar-refractivity contribution in [2.75, 3.05) is 11.9 Å². The van der Waals surface area contributed by atoms with Gasteiger partial charge < -0.3 is 9.84 Å². The van der Waals surface area contributed by atoms with Gasteiger partial charge in [0.15, 0.2) is 0 Å². The Balaban J connectivity index is 1.71. The number of anilines is 1. The summed E-state index contributed by atoms with van der Waals surface area (Å²) >= 11 is 0. The first-order chi connectivity index (χ1) is 10.3. The topological polar surface area (TPSA) is 51.0 Å². The molecule has 1 aromatic heterocycles. The minimum atomic E-state index is -0.319. The molecule has 104 valence electrons. The first-order valence-corrected chi connectivity index (χ1v) is 6.76. The third-order valence-electron chi connectivity index (χ3n) is 3.58. The van der Waals surface area contributed by atoms with Gasteiger partial charge in [-0.1, -0.05) is 23.4 Å². The lowest BCUT2D eigenvalue weighted by Crippen LogP contribution is -1.91. The summed E-state index contributed by atoms with van der Waals surface area (Å²) < 4.78 is 18.5. The second-order valence-electron chi connectivity index (χ2n) is 4.98. The predicted octanol–water partition coefficient (Wildman–Crippen LogP) is 3.51. The van der Waals surface area contributed by atoms with Crippen LogP contribution < -0.4 is 5.32 Å². The van der Waals surface area contributed by atoms with Crippen LogP contribution in [0.25, 0.3) is 22.8 Å². The van der Waals surface area contributed by atoms with Crippen LogP contribution >= 0.6 is 0 Å². The largest absolute Gasteiger partial charge is 0.384 e. The van der Waals surface area contributed by atoms with Gasteiger partial charge in [0.25, 0.3) is 5.89 Å². The molecule has 0 radical (unpaired) electrons. The van der Waals surface area contributed by atoms with Gasteiger partial charge >= 0.3 is 0 Å². The quantitative estimate of drug-likeness (QED) is 0.781. The van der Waals surface area contributed by atoms with Gasteiger partial charge in [0.2, 0.25) is 5.82 Å². The molecule has 2 heterocycles. The number of aromatic nitrogens is 2. The van der Waals surface area contributed by atoms with Crippen LogP contribution in [0.15, 0.2) is 47.0 Å². The van der Waals surface area contributed by atoms with E-state index in [2.05, 4.69) is 21.5 Å². The zero-order valence-electron chi connectivity index (χ0n) is 11.1. The molecular weight excluding hydrogens is 269 g/mol. The van der Waals surface area contributed by atoms with E-state index >= 15 is 0 Å². The van der Waals surface area contributed by atoms with E-state index in [9.17, 15) is 4.39 Å². The fourth-order valence-electron chi connectivity index (χ4n) is 2.51. The standard InChI is InChI=1S/C16H12FN3O/c17-13-3-1-2-11(8-13)15-19-16(21-20-15)12-5-4-10-6-7-18-14(10)9-12/h1-5,8-9,18H,6-7H2. The number of halogens is 1. The lowest BCUT2D eigenvalue weighted by Gasteiger charge is -2.00. The van der Waals surface area contributed by atoms with Crippen molar-refractivity contribution >= 4 is 5.69 Å². The van der Waals surface area contributed by atoms with E-state index < -0.39 is 0 Å². The Kier molecular flexibility index (Phi) is 2.70. The molecular formula is C16H12FN3O. The summed E-state index contributed by atoms with van der Waals surface area (Å²) in [6.07, 6.45) is 1.04. The first-order valence-electron chi connectivity index (χ1n) is 6.76. The smallest absolute Gasteiger partial charge is 0.258 e. The van der Waals surface area contributed by atoms with E-state index in [0.29, 0.717) is 17.3 Å². The molecule has 0 saturated heterocycles. The van der Waals surface area contributed by atoms with Gasteiger partial charge in [0.1, 0.15) is 5.82 Å². The van der Waals surface area contributed by atoms with E-state index in [4.69, 9.17) is 4.52 Å². The number of nitrogens with one attached hydrogen (secondary N) is 1. The molecule has 0 aliphatic carbocycles. The van der Waals surface area contributed by atoms with Crippen molar-refractivity contribution in [3.05, 3.63) is 53.8 Å². The van der Waals surface area contributed by atoms with Crippen LogP contribution in [0, 0.1) is 5.82 Å². The zero-order chi connectivity index (χ0) is 14.2. The van der Waals surface area contributed by atoms with Gasteiger partial charge in [-0.15, -0.1) is 0 Å². The Hall–Kier alpha value is -2.69. The Labute approximate surface area is 120 Å². The molecule has 2 aromatic carbocycles. The highest BCUT2D eigenvalue weighted by Gasteiger charge is 2.15. The molecule has 4 nitrogen and oxygen atoms in total. The van der Waals surface area contributed by atoms with Gasteiger partial charge in [0.05, 0.1) is 0 Å². The van der Waals surface area contributed by atoms with Gasteiger partial charge in [-0.3, -0.25) is 0 Å². The second kappa shape index (κ2) is 4.70. The minimum absolute atomic E-state index is 0.319. The molecule has 3 aromatic rings. The second-order valence-corrected chi connectivity index (χ2v) is 4.98.